The predicted octanol–water partition coefficient (Wildman–Crippen LogP) is 4.41. The molecule has 0 saturated carbocycles. The minimum Gasteiger partial charge on any atom is -0.292 e. The molecule has 0 aromatic carbocycles. The molecule has 0 N–H and O–H groups in total. The molecule has 0 aromatic rings. The molecule has 0 amide bonds. The first-order valence-electron chi connectivity index (χ1n) is 7.28. The van der Waals surface area contributed by atoms with Crippen LogP contribution in [-0.4, -0.2) is 11.6 Å². The van der Waals surface area contributed by atoms with Crippen molar-refractivity contribution in [3.05, 3.63) is 83.0 Å². The molecule has 0 saturated heterocycles. The van der Waals surface area contributed by atoms with Gasteiger partial charge in [0.15, 0.2) is 11.6 Å². The number of rotatable bonds is 2. The Morgan fingerprint density at radius 2 is 0.913 bits per heavy atom. The highest BCUT2D eigenvalue weighted by atomic mass is 35.5. The number of ketones is 2. The fourth-order valence-electron chi connectivity index (χ4n) is 3.22. The van der Waals surface area contributed by atoms with E-state index < -0.39 is 28.8 Å². The number of Topliss-reactive ketones (excluding diaryl/α,β-unsaturated/α-hetero) is 2. The second-order valence-electron chi connectivity index (χ2n) is 5.52. The topological polar surface area (TPSA) is 34.1 Å². The van der Waals surface area contributed by atoms with Crippen LogP contribution in [0.5, 0.6) is 0 Å². The van der Waals surface area contributed by atoms with Gasteiger partial charge in [-0.1, -0.05) is 96.1 Å². The summed E-state index contributed by atoms with van der Waals surface area (Å²) in [7, 11) is 0. The molecule has 0 heterocycles. The van der Waals surface area contributed by atoms with Crippen LogP contribution in [0.4, 0.5) is 0 Å². The standard InChI is InChI=1S/C19H14Cl2O2/c20-15-16(21)18(23)19(17(15)22,13-9-5-1-2-6-10-13)14-11-7-3-4-8-12-14/h1-14H. The molecule has 2 nitrogen and oxygen atoms in total. The first-order valence-corrected chi connectivity index (χ1v) is 8.04. The van der Waals surface area contributed by atoms with E-state index in [1.165, 1.54) is 0 Å². The predicted molar refractivity (Wildman–Crippen MR) is 93.0 cm³/mol. The summed E-state index contributed by atoms with van der Waals surface area (Å²) in [5.41, 5.74) is -1.37. The summed E-state index contributed by atoms with van der Waals surface area (Å²) in [4.78, 5) is 26.0. The Hall–Kier alpha value is -1.90. The Morgan fingerprint density at radius 1 is 0.609 bits per heavy atom. The van der Waals surface area contributed by atoms with Gasteiger partial charge in [0, 0.05) is 11.8 Å². The molecule has 0 unspecified atom stereocenters. The average molecular weight is 345 g/mol. The molecule has 0 aliphatic heterocycles. The van der Waals surface area contributed by atoms with Gasteiger partial charge >= 0.3 is 0 Å². The van der Waals surface area contributed by atoms with Crippen LogP contribution in [0.2, 0.25) is 0 Å². The van der Waals surface area contributed by atoms with Gasteiger partial charge in [0.2, 0.25) is 0 Å². The van der Waals surface area contributed by atoms with Gasteiger partial charge in [0.05, 0.1) is 0 Å². The van der Waals surface area contributed by atoms with Crippen molar-refractivity contribution in [2.24, 2.45) is 17.3 Å². The number of carbonyl (C=O) groups is 2. The molecule has 0 atom stereocenters. The van der Waals surface area contributed by atoms with Crippen molar-refractivity contribution in [2.75, 3.05) is 0 Å². The van der Waals surface area contributed by atoms with Gasteiger partial charge in [-0.15, -0.1) is 0 Å². The largest absolute Gasteiger partial charge is 0.292 e. The molecule has 3 rings (SSSR count). The molecular formula is C19H14Cl2O2. The molecule has 0 radical (unpaired) electrons. The van der Waals surface area contributed by atoms with Gasteiger partial charge in [-0.25, -0.2) is 0 Å². The maximum Gasteiger partial charge on any atom is 0.191 e. The second-order valence-corrected chi connectivity index (χ2v) is 6.27. The van der Waals surface area contributed by atoms with E-state index in [9.17, 15) is 9.59 Å². The van der Waals surface area contributed by atoms with Crippen molar-refractivity contribution in [2.45, 2.75) is 0 Å². The number of allylic oxidation sites excluding steroid dienone is 14. The number of hydrogen-bond donors (Lipinski definition) is 0. The molecule has 23 heavy (non-hydrogen) atoms. The highest BCUT2D eigenvalue weighted by Gasteiger charge is 2.60. The molecule has 0 fully saturated rings. The molecule has 0 bridgehead atoms. The Kier molecular flexibility index (Phi) is 4.38. The molecule has 3 aliphatic carbocycles. The van der Waals surface area contributed by atoms with E-state index in [2.05, 4.69) is 0 Å². The molecular weight excluding hydrogens is 331 g/mol. The summed E-state index contributed by atoms with van der Waals surface area (Å²) < 4.78 is 0. The third kappa shape index (κ3) is 2.43. The molecule has 3 aliphatic rings. The first-order chi connectivity index (χ1) is 11.1. The zero-order valence-corrected chi connectivity index (χ0v) is 13.7. The quantitative estimate of drug-likeness (QED) is 0.695. The van der Waals surface area contributed by atoms with E-state index in [1.54, 1.807) is 0 Å². The number of halogens is 2. The normalized spacial score (nSPS) is 23.9. The van der Waals surface area contributed by atoms with E-state index in [0.717, 1.165) is 0 Å². The minimum absolute atomic E-state index is 0.172. The molecule has 116 valence electrons. The van der Waals surface area contributed by atoms with E-state index in [4.69, 9.17) is 23.2 Å². The lowest BCUT2D eigenvalue weighted by Crippen LogP contribution is -2.46. The lowest BCUT2D eigenvalue weighted by atomic mass is 9.63. The van der Waals surface area contributed by atoms with Crippen LogP contribution in [0.25, 0.3) is 0 Å². The summed E-state index contributed by atoms with van der Waals surface area (Å²) in [5, 5.41) is -0.343. The lowest BCUT2D eigenvalue weighted by Gasteiger charge is -2.36. The number of hydrogen-bond acceptors (Lipinski definition) is 2. The van der Waals surface area contributed by atoms with Gasteiger partial charge in [0.25, 0.3) is 0 Å². The van der Waals surface area contributed by atoms with E-state index >= 15 is 0 Å². The first kappa shape index (κ1) is 16.0. The summed E-state index contributed by atoms with van der Waals surface area (Å²) in [5.74, 6) is -1.70. The highest BCUT2D eigenvalue weighted by molar-refractivity contribution is 6.61. The highest BCUT2D eigenvalue weighted by Crippen LogP contribution is 2.51. The SMILES string of the molecule is O=C1C(Cl)=C(Cl)C(=O)C1(C1C=CC=CC=C1)C1C=CC=CC=C1. The summed E-state index contributed by atoms with van der Waals surface area (Å²) in [6, 6.07) is 0. The van der Waals surface area contributed by atoms with Gasteiger partial charge in [-0.05, 0) is 0 Å². The number of carbonyl (C=O) groups excluding carboxylic acids is 2. The van der Waals surface area contributed by atoms with E-state index in [0.29, 0.717) is 0 Å². The van der Waals surface area contributed by atoms with Crippen LogP contribution in [0.15, 0.2) is 83.0 Å². The van der Waals surface area contributed by atoms with Gasteiger partial charge in [0.1, 0.15) is 15.5 Å². The Labute approximate surface area is 144 Å². The molecule has 0 aromatic heterocycles. The maximum atomic E-state index is 13.0. The van der Waals surface area contributed by atoms with Crippen molar-refractivity contribution in [3.8, 4) is 0 Å². The van der Waals surface area contributed by atoms with Crippen molar-refractivity contribution >= 4 is 34.8 Å². The summed E-state index contributed by atoms with van der Waals surface area (Å²) >= 11 is 12.1. The Morgan fingerprint density at radius 3 is 1.22 bits per heavy atom. The van der Waals surface area contributed by atoms with Gasteiger partial charge < -0.3 is 0 Å². The zero-order chi connectivity index (χ0) is 16.4. The monoisotopic (exact) mass is 344 g/mol. The fraction of sp³-hybridized carbons (Fsp3) is 0.158. The van der Waals surface area contributed by atoms with Gasteiger partial charge in [-0.2, -0.15) is 0 Å². The van der Waals surface area contributed by atoms with Crippen LogP contribution in [0.1, 0.15) is 0 Å². The second kappa shape index (κ2) is 6.31. The molecule has 0 spiro atoms. The van der Waals surface area contributed by atoms with Crippen molar-refractivity contribution in [3.63, 3.8) is 0 Å². The van der Waals surface area contributed by atoms with Crippen LogP contribution in [0, 0.1) is 17.3 Å². The van der Waals surface area contributed by atoms with Crippen LogP contribution >= 0.6 is 23.2 Å². The lowest BCUT2D eigenvalue weighted by molar-refractivity contribution is -0.137. The third-order valence-electron chi connectivity index (χ3n) is 4.33. The van der Waals surface area contributed by atoms with E-state index in [-0.39, 0.29) is 10.1 Å². The van der Waals surface area contributed by atoms with Crippen molar-refractivity contribution in [1.29, 1.82) is 0 Å². The average Bonchev–Trinajstić information content (AvgIpc) is 2.92. The summed E-state index contributed by atoms with van der Waals surface area (Å²) in [6.07, 6.45) is 22.1. The molecule has 4 heteroatoms. The Bertz CT molecular complexity index is 664. The van der Waals surface area contributed by atoms with Gasteiger partial charge in [-0.3, -0.25) is 9.59 Å². The van der Waals surface area contributed by atoms with Crippen LogP contribution < -0.4 is 0 Å². The van der Waals surface area contributed by atoms with Crippen molar-refractivity contribution in [1.82, 2.24) is 0 Å². The smallest absolute Gasteiger partial charge is 0.191 e. The Balaban J connectivity index is 2.19. The summed E-state index contributed by atoms with van der Waals surface area (Å²) in [6.45, 7) is 0. The fourth-order valence-corrected chi connectivity index (χ4v) is 3.71. The van der Waals surface area contributed by atoms with Crippen LogP contribution in [0.3, 0.4) is 0 Å². The third-order valence-corrected chi connectivity index (χ3v) is 5.15. The van der Waals surface area contributed by atoms with Crippen LogP contribution in [-0.2, 0) is 9.59 Å². The zero-order valence-electron chi connectivity index (χ0n) is 12.2. The minimum atomic E-state index is -1.37. The maximum absolute atomic E-state index is 13.0. The van der Waals surface area contributed by atoms with E-state index in [1.807, 2.05) is 72.9 Å². The van der Waals surface area contributed by atoms with Crippen molar-refractivity contribution < 1.29 is 9.59 Å².